The molecule has 1 amide bonds. The van der Waals surface area contributed by atoms with E-state index in [1.165, 1.54) is 0 Å². The summed E-state index contributed by atoms with van der Waals surface area (Å²) in [6, 6.07) is 3.95. The van der Waals surface area contributed by atoms with Crippen molar-refractivity contribution in [2.75, 3.05) is 24.5 Å². The summed E-state index contributed by atoms with van der Waals surface area (Å²) < 4.78 is 1.05. The van der Waals surface area contributed by atoms with Crippen LogP contribution in [0.25, 0.3) is 0 Å². The van der Waals surface area contributed by atoms with Crippen LogP contribution in [-0.2, 0) is 4.79 Å². The monoisotopic (exact) mass is 311 g/mol. The molecular weight excluding hydrogens is 294 g/mol. The highest BCUT2D eigenvalue weighted by Gasteiger charge is 2.21. The lowest BCUT2D eigenvalue weighted by atomic mass is 9.97. The molecule has 1 aromatic rings. The Bertz CT molecular complexity index is 416. The normalized spacial score (nSPS) is 16.7. The van der Waals surface area contributed by atoms with E-state index < -0.39 is 0 Å². The van der Waals surface area contributed by atoms with Gasteiger partial charge in [0.25, 0.3) is 0 Å². The van der Waals surface area contributed by atoms with Gasteiger partial charge < -0.3 is 10.2 Å². The Morgan fingerprint density at radius 2 is 2.28 bits per heavy atom. The SMILES string of the molecule is CC(=O)NCC1CCN(c2ncccc2Br)CC1. The second-order valence-corrected chi connectivity index (χ2v) is 5.53. The van der Waals surface area contributed by atoms with E-state index in [2.05, 4.69) is 31.1 Å². The molecule has 2 heterocycles. The third kappa shape index (κ3) is 3.45. The zero-order valence-corrected chi connectivity index (χ0v) is 12.1. The molecule has 5 heteroatoms. The van der Waals surface area contributed by atoms with Crippen molar-refractivity contribution in [3.63, 3.8) is 0 Å². The van der Waals surface area contributed by atoms with Crippen molar-refractivity contribution in [1.82, 2.24) is 10.3 Å². The minimum absolute atomic E-state index is 0.0601. The van der Waals surface area contributed by atoms with Crippen LogP contribution in [0.5, 0.6) is 0 Å². The molecule has 0 aromatic carbocycles. The largest absolute Gasteiger partial charge is 0.356 e. The second kappa shape index (κ2) is 6.18. The maximum atomic E-state index is 10.9. The highest BCUT2D eigenvalue weighted by atomic mass is 79.9. The molecule has 0 unspecified atom stereocenters. The van der Waals surface area contributed by atoms with Crippen molar-refractivity contribution < 1.29 is 4.79 Å². The van der Waals surface area contributed by atoms with Crippen molar-refractivity contribution in [2.24, 2.45) is 5.92 Å². The van der Waals surface area contributed by atoms with E-state index in [9.17, 15) is 4.79 Å². The van der Waals surface area contributed by atoms with E-state index in [1.807, 2.05) is 18.3 Å². The number of hydrogen-bond donors (Lipinski definition) is 1. The Hall–Kier alpha value is -1.10. The molecule has 0 saturated carbocycles. The van der Waals surface area contributed by atoms with Crippen LogP contribution in [0.15, 0.2) is 22.8 Å². The first-order valence-electron chi connectivity index (χ1n) is 6.26. The van der Waals surface area contributed by atoms with Crippen molar-refractivity contribution in [2.45, 2.75) is 19.8 Å². The number of pyridine rings is 1. The van der Waals surface area contributed by atoms with Gasteiger partial charge in [0.2, 0.25) is 5.91 Å². The Kier molecular flexibility index (Phi) is 4.58. The summed E-state index contributed by atoms with van der Waals surface area (Å²) in [5.41, 5.74) is 0. The Morgan fingerprint density at radius 3 is 2.89 bits per heavy atom. The topological polar surface area (TPSA) is 45.2 Å². The van der Waals surface area contributed by atoms with E-state index in [1.54, 1.807) is 6.92 Å². The molecule has 1 fully saturated rings. The highest BCUT2D eigenvalue weighted by Crippen LogP contribution is 2.27. The van der Waals surface area contributed by atoms with Crippen molar-refractivity contribution in [3.05, 3.63) is 22.8 Å². The summed E-state index contributed by atoms with van der Waals surface area (Å²) in [6.07, 6.45) is 4.02. The number of anilines is 1. The minimum atomic E-state index is 0.0601. The van der Waals surface area contributed by atoms with E-state index in [4.69, 9.17) is 0 Å². The van der Waals surface area contributed by atoms with Gasteiger partial charge >= 0.3 is 0 Å². The zero-order valence-electron chi connectivity index (χ0n) is 10.5. The lowest BCUT2D eigenvalue weighted by Gasteiger charge is -2.33. The molecular formula is C13H18BrN3O. The predicted octanol–water partition coefficient (Wildman–Crippen LogP) is 2.20. The Balaban J connectivity index is 1.87. The van der Waals surface area contributed by atoms with Crippen LogP contribution in [0.3, 0.4) is 0 Å². The summed E-state index contributed by atoms with van der Waals surface area (Å²) >= 11 is 3.54. The lowest BCUT2D eigenvalue weighted by molar-refractivity contribution is -0.119. The third-order valence-electron chi connectivity index (χ3n) is 3.29. The lowest BCUT2D eigenvalue weighted by Crippen LogP contribution is -2.38. The molecule has 98 valence electrons. The van der Waals surface area contributed by atoms with Gasteiger partial charge in [-0.05, 0) is 46.8 Å². The van der Waals surface area contributed by atoms with Crippen LogP contribution in [0.4, 0.5) is 5.82 Å². The van der Waals surface area contributed by atoms with Crippen molar-refractivity contribution >= 4 is 27.7 Å². The summed E-state index contributed by atoms with van der Waals surface area (Å²) in [5.74, 6) is 1.67. The fraction of sp³-hybridized carbons (Fsp3) is 0.538. The van der Waals surface area contributed by atoms with Crippen LogP contribution in [0, 0.1) is 5.92 Å². The molecule has 0 aliphatic carbocycles. The summed E-state index contributed by atoms with van der Waals surface area (Å²) in [5, 5.41) is 2.90. The van der Waals surface area contributed by atoms with Gasteiger partial charge in [0.15, 0.2) is 0 Å². The van der Waals surface area contributed by atoms with E-state index in [0.717, 1.165) is 42.8 Å². The summed E-state index contributed by atoms with van der Waals surface area (Å²) in [7, 11) is 0. The highest BCUT2D eigenvalue weighted by molar-refractivity contribution is 9.10. The number of nitrogens with one attached hydrogen (secondary N) is 1. The van der Waals surface area contributed by atoms with Gasteiger partial charge in [-0.15, -0.1) is 0 Å². The maximum Gasteiger partial charge on any atom is 0.216 e. The van der Waals surface area contributed by atoms with E-state index >= 15 is 0 Å². The first-order chi connectivity index (χ1) is 8.66. The molecule has 1 N–H and O–H groups in total. The number of carbonyl (C=O) groups excluding carboxylic acids is 1. The smallest absolute Gasteiger partial charge is 0.216 e. The van der Waals surface area contributed by atoms with Gasteiger partial charge in [-0.3, -0.25) is 4.79 Å². The molecule has 1 aromatic heterocycles. The number of aromatic nitrogens is 1. The first-order valence-corrected chi connectivity index (χ1v) is 7.06. The minimum Gasteiger partial charge on any atom is -0.356 e. The van der Waals surface area contributed by atoms with E-state index in [-0.39, 0.29) is 5.91 Å². The van der Waals surface area contributed by atoms with Gasteiger partial charge in [-0.2, -0.15) is 0 Å². The maximum absolute atomic E-state index is 10.9. The molecule has 2 rings (SSSR count). The first kappa shape index (κ1) is 13.3. The molecule has 1 saturated heterocycles. The zero-order chi connectivity index (χ0) is 13.0. The van der Waals surface area contributed by atoms with Crippen LogP contribution >= 0.6 is 15.9 Å². The van der Waals surface area contributed by atoms with Gasteiger partial charge in [0, 0.05) is 32.8 Å². The molecule has 4 nitrogen and oxygen atoms in total. The predicted molar refractivity (Wildman–Crippen MR) is 75.6 cm³/mol. The number of halogens is 1. The fourth-order valence-electron chi connectivity index (χ4n) is 2.25. The summed E-state index contributed by atoms with van der Waals surface area (Å²) in [6.45, 7) is 4.37. The number of nitrogens with zero attached hydrogens (tertiary/aromatic N) is 2. The average Bonchev–Trinajstić information content (AvgIpc) is 2.38. The molecule has 1 aliphatic rings. The van der Waals surface area contributed by atoms with Gasteiger partial charge in [-0.1, -0.05) is 0 Å². The number of piperidine rings is 1. The quantitative estimate of drug-likeness (QED) is 0.930. The molecule has 0 spiro atoms. The number of hydrogen-bond acceptors (Lipinski definition) is 3. The Labute approximate surface area is 116 Å². The van der Waals surface area contributed by atoms with Crippen LogP contribution in [0.2, 0.25) is 0 Å². The molecule has 0 atom stereocenters. The molecule has 0 radical (unpaired) electrons. The van der Waals surface area contributed by atoms with Crippen LogP contribution in [0.1, 0.15) is 19.8 Å². The molecule has 1 aliphatic heterocycles. The standard InChI is InChI=1S/C13H18BrN3O/c1-10(18)16-9-11-4-7-17(8-5-11)13-12(14)3-2-6-15-13/h2-3,6,11H,4-5,7-9H2,1H3,(H,16,18). The van der Waals surface area contributed by atoms with Crippen molar-refractivity contribution in [1.29, 1.82) is 0 Å². The van der Waals surface area contributed by atoms with Crippen LogP contribution < -0.4 is 10.2 Å². The number of rotatable bonds is 3. The molecule has 0 bridgehead atoms. The van der Waals surface area contributed by atoms with E-state index in [0.29, 0.717) is 5.92 Å². The second-order valence-electron chi connectivity index (χ2n) is 4.68. The number of amides is 1. The molecule has 18 heavy (non-hydrogen) atoms. The van der Waals surface area contributed by atoms with Crippen molar-refractivity contribution in [3.8, 4) is 0 Å². The fourth-order valence-corrected chi connectivity index (χ4v) is 2.75. The Morgan fingerprint density at radius 1 is 1.56 bits per heavy atom. The van der Waals surface area contributed by atoms with Gasteiger partial charge in [0.05, 0.1) is 4.47 Å². The van der Waals surface area contributed by atoms with Gasteiger partial charge in [0.1, 0.15) is 5.82 Å². The van der Waals surface area contributed by atoms with Crippen LogP contribution in [-0.4, -0.2) is 30.5 Å². The summed E-state index contributed by atoms with van der Waals surface area (Å²) in [4.78, 5) is 17.6. The number of carbonyl (C=O) groups is 1. The average molecular weight is 312 g/mol. The third-order valence-corrected chi connectivity index (χ3v) is 3.91. The van der Waals surface area contributed by atoms with Gasteiger partial charge in [-0.25, -0.2) is 4.98 Å².